The number of halogens is 1. The highest BCUT2D eigenvalue weighted by atomic mass is 35.5. The third-order valence-electron chi connectivity index (χ3n) is 4.01. The van der Waals surface area contributed by atoms with Crippen molar-refractivity contribution in [1.29, 1.82) is 0 Å². The molecule has 1 aromatic rings. The van der Waals surface area contributed by atoms with E-state index >= 15 is 0 Å². The van der Waals surface area contributed by atoms with Gasteiger partial charge in [-0.3, -0.25) is 9.69 Å². The Balaban J connectivity index is 1.82. The number of likely N-dealkylation sites (N-methyl/N-ethyl adjacent to an activating group) is 1. The second-order valence-electron chi connectivity index (χ2n) is 6.27. The maximum Gasteiger partial charge on any atom is 0.317 e. The van der Waals surface area contributed by atoms with Crippen LogP contribution >= 0.6 is 11.6 Å². The molecule has 1 unspecified atom stereocenters. The van der Waals surface area contributed by atoms with Gasteiger partial charge in [0.25, 0.3) is 0 Å². The molecule has 138 valence electrons. The normalized spacial score (nSPS) is 17.6. The van der Waals surface area contributed by atoms with Gasteiger partial charge in [0.1, 0.15) is 0 Å². The third-order valence-corrected chi connectivity index (χ3v) is 4.44. The van der Waals surface area contributed by atoms with E-state index in [2.05, 4.69) is 5.32 Å². The molecule has 0 spiro atoms. The number of morpholine rings is 1. The summed E-state index contributed by atoms with van der Waals surface area (Å²) >= 11 is 6.00. The number of nitrogens with zero attached hydrogens (tertiary/aromatic N) is 2. The summed E-state index contributed by atoms with van der Waals surface area (Å²) in [7, 11) is 1.72. The van der Waals surface area contributed by atoms with E-state index in [0.29, 0.717) is 37.8 Å². The Hall–Kier alpha value is -1.83. The van der Waals surface area contributed by atoms with Crippen LogP contribution < -0.4 is 5.32 Å². The van der Waals surface area contributed by atoms with E-state index in [1.165, 1.54) is 0 Å². The van der Waals surface area contributed by atoms with E-state index in [1.54, 1.807) is 16.8 Å². The highest BCUT2D eigenvalue weighted by Crippen LogP contribution is 2.16. The van der Waals surface area contributed by atoms with E-state index in [4.69, 9.17) is 21.4 Å². The highest BCUT2D eigenvalue weighted by molar-refractivity contribution is 6.31. The fraction of sp³-hybridized carbons (Fsp3) is 0.529. The minimum Gasteiger partial charge on any atom is -0.480 e. The Bertz CT molecular complexity index is 626. The minimum absolute atomic E-state index is 0.0536. The predicted molar refractivity (Wildman–Crippen MR) is 94.9 cm³/mol. The summed E-state index contributed by atoms with van der Waals surface area (Å²) in [5, 5.41) is 12.4. The summed E-state index contributed by atoms with van der Waals surface area (Å²) in [5.74, 6) is -0.883. The molecular formula is C17H24ClN3O4. The standard InChI is InChI=1S/C17H24ClN3O4/c1-12-7-13(3-4-15(12)18)8-19-17(24)21-5-6-25-14(10-21)9-20(2)11-16(22)23/h3-4,7,14H,5-6,8-11H2,1-2H3,(H,19,24)(H,22,23). The summed E-state index contributed by atoms with van der Waals surface area (Å²) in [6.45, 7) is 4.17. The van der Waals surface area contributed by atoms with Crippen LogP contribution in [0.2, 0.25) is 5.02 Å². The number of nitrogens with one attached hydrogen (secondary N) is 1. The van der Waals surface area contributed by atoms with Crippen LogP contribution in [-0.2, 0) is 16.1 Å². The average molecular weight is 370 g/mol. The van der Waals surface area contributed by atoms with Gasteiger partial charge in [0.2, 0.25) is 0 Å². The first-order valence-corrected chi connectivity index (χ1v) is 8.52. The van der Waals surface area contributed by atoms with Crippen molar-refractivity contribution in [2.75, 3.05) is 39.8 Å². The summed E-state index contributed by atoms with van der Waals surface area (Å²) in [6.07, 6.45) is -0.193. The largest absolute Gasteiger partial charge is 0.480 e. The lowest BCUT2D eigenvalue weighted by atomic mass is 10.1. The van der Waals surface area contributed by atoms with E-state index < -0.39 is 5.97 Å². The number of amides is 2. The second-order valence-corrected chi connectivity index (χ2v) is 6.68. The van der Waals surface area contributed by atoms with Crippen LogP contribution in [0.3, 0.4) is 0 Å². The topological polar surface area (TPSA) is 82.1 Å². The Morgan fingerprint density at radius 1 is 1.48 bits per heavy atom. The number of hydrogen-bond donors (Lipinski definition) is 2. The Morgan fingerprint density at radius 3 is 2.92 bits per heavy atom. The van der Waals surface area contributed by atoms with E-state index in [-0.39, 0.29) is 18.7 Å². The zero-order chi connectivity index (χ0) is 18.4. The van der Waals surface area contributed by atoms with E-state index in [0.717, 1.165) is 11.1 Å². The average Bonchev–Trinajstić information content (AvgIpc) is 2.55. The molecule has 2 N–H and O–H groups in total. The SMILES string of the molecule is Cc1cc(CNC(=O)N2CCOC(CN(C)CC(=O)O)C2)ccc1Cl. The maximum atomic E-state index is 12.4. The summed E-state index contributed by atoms with van der Waals surface area (Å²) in [5.41, 5.74) is 1.96. The first kappa shape index (κ1) is 19.5. The molecule has 1 aromatic carbocycles. The van der Waals surface area contributed by atoms with Crippen LogP contribution in [0.25, 0.3) is 0 Å². The van der Waals surface area contributed by atoms with Gasteiger partial charge in [-0.1, -0.05) is 23.7 Å². The van der Waals surface area contributed by atoms with Crippen LogP contribution in [0.4, 0.5) is 4.79 Å². The van der Waals surface area contributed by atoms with Gasteiger partial charge in [-0.05, 0) is 31.2 Å². The maximum absolute atomic E-state index is 12.4. The zero-order valence-electron chi connectivity index (χ0n) is 14.5. The number of rotatable bonds is 6. The number of aryl methyl sites for hydroxylation is 1. The lowest BCUT2D eigenvalue weighted by molar-refractivity contribution is -0.138. The number of urea groups is 1. The zero-order valence-corrected chi connectivity index (χ0v) is 15.3. The fourth-order valence-electron chi connectivity index (χ4n) is 2.76. The van der Waals surface area contributed by atoms with Crippen LogP contribution in [-0.4, -0.2) is 72.8 Å². The Labute approximate surface area is 152 Å². The molecule has 25 heavy (non-hydrogen) atoms. The highest BCUT2D eigenvalue weighted by Gasteiger charge is 2.25. The van der Waals surface area contributed by atoms with Crippen LogP contribution in [0, 0.1) is 6.92 Å². The molecule has 0 radical (unpaired) electrons. The molecule has 2 rings (SSSR count). The number of carboxylic acid groups (broad SMARTS) is 1. The van der Waals surface area contributed by atoms with Crippen molar-refractivity contribution in [2.24, 2.45) is 0 Å². The molecule has 0 aromatic heterocycles. The molecule has 1 atom stereocenters. The van der Waals surface area contributed by atoms with Crippen molar-refractivity contribution < 1.29 is 19.4 Å². The van der Waals surface area contributed by atoms with Crippen molar-refractivity contribution in [3.8, 4) is 0 Å². The minimum atomic E-state index is -0.883. The summed E-state index contributed by atoms with van der Waals surface area (Å²) in [4.78, 5) is 26.5. The van der Waals surface area contributed by atoms with Gasteiger partial charge in [-0.2, -0.15) is 0 Å². The van der Waals surface area contributed by atoms with Crippen LogP contribution in [0.15, 0.2) is 18.2 Å². The molecule has 0 bridgehead atoms. The molecular weight excluding hydrogens is 346 g/mol. The molecule has 1 aliphatic rings. The Kier molecular flexibility index (Phi) is 7.04. The number of carbonyl (C=O) groups excluding carboxylic acids is 1. The first-order chi connectivity index (χ1) is 11.8. The second kappa shape index (κ2) is 9.03. The van der Waals surface area contributed by atoms with Crippen molar-refractivity contribution in [3.63, 3.8) is 0 Å². The Morgan fingerprint density at radius 2 is 2.24 bits per heavy atom. The molecule has 0 saturated carbocycles. The van der Waals surface area contributed by atoms with Crippen molar-refractivity contribution in [3.05, 3.63) is 34.3 Å². The number of ether oxygens (including phenoxy) is 1. The number of carboxylic acids is 1. The van der Waals surface area contributed by atoms with Crippen molar-refractivity contribution in [2.45, 2.75) is 19.6 Å². The molecule has 1 saturated heterocycles. The lowest BCUT2D eigenvalue weighted by Crippen LogP contribution is -2.52. The number of aliphatic carboxylic acids is 1. The van der Waals surface area contributed by atoms with Gasteiger partial charge in [0.05, 0.1) is 19.3 Å². The van der Waals surface area contributed by atoms with Gasteiger partial charge in [-0.15, -0.1) is 0 Å². The van der Waals surface area contributed by atoms with Gasteiger partial charge in [-0.25, -0.2) is 4.79 Å². The summed E-state index contributed by atoms with van der Waals surface area (Å²) < 4.78 is 5.63. The quantitative estimate of drug-likeness (QED) is 0.795. The molecule has 7 nitrogen and oxygen atoms in total. The van der Waals surface area contributed by atoms with Gasteiger partial charge >= 0.3 is 12.0 Å². The smallest absolute Gasteiger partial charge is 0.317 e. The summed E-state index contributed by atoms with van der Waals surface area (Å²) in [6, 6.07) is 5.51. The van der Waals surface area contributed by atoms with Crippen molar-refractivity contribution >= 4 is 23.6 Å². The van der Waals surface area contributed by atoms with Crippen molar-refractivity contribution in [1.82, 2.24) is 15.1 Å². The third kappa shape index (κ3) is 6.19. The molecule has 0 aliphatic carbocycles. The molecule has 1 heterocycles. The number of benzene rings is 1. The predicted octanol–water partition coefficient (Wildman–Crippen LogP) is 1.58. The molecule has 1 aliphatic heterocycles. The molecule has 8 heteroatoms. The monoisotopic (exact) mass is 369 g/mol. The van der Waals surface area contributed by atoms with E-state index in [9.17, 15) is 9.59 Å². The van der Waals surface area contributed by atoms with Gasteiger partial charge < -0.3 is 20.1 Å². The van der Waals surface area contributed by atoms with Gasteiger partial charge in [0.15, 0.2) is 0 Å². The fourth-order valence-corrected chi connectivity index (χ4v) is 2.88. The molecule has 1 fully saturated rings. The number of hydrogen-bond acceptors (Lipinski definition) is 4. The lowest BCUT2D eigenvalue weighted by Gasteiger charge is -2.34. The number of carbonyl (C=O) groups is 2. The van der Waals surface area contributed by atoms with E-state index in [1.807, 2.05) is 25.1 Å². The molecule has 2 amide bonds. The van der Waals surface area contributed by atoms with Crippen LogP contribution in [0.5, 0.6) is 0 Å². The first-order valence-electron chi connectivity index (χ1n) is 8.15. The van der Waals surface area contributed by atoms with Gasteiger partial charge in [0, 0.05) is 31.2 Å². The van der Waals surface area contributed by atoms with Crippen LogP contribution in [0.1, 0.15) is 11.1 Å².